The van der Waals surface area contributed by atoms with Gasteiger partial charge in [-0.2, -0.15) is 10.4 Å². The molecule has 0 spiro atoms. The number of rotatable bonds is 13. The summed E-state index contributed by atoms with van der Waals surface area (Å²) in [6, 6.07) is 10.2. The molecule has 1 aromatic rings. The first-order chi connectivity index (χ1) is 19.3. The van der Waals surface area contributed by atoms with Gasteiger partial charge in [-0.3, -0.25) is 9.69 Å². The second-order valence-corrected chi connectivity index (χ2v) is 10.9. The number of carbonyl (C=O) groups excluding carboxylic acids is 2. The third-order valence-electron chi connectivity index (χ3n) is 7.47. The number of nitrogens with zero attached hydrogens (tertiary/aromatic N) is 2. The number of methoxy groups -OCH3 is 1. The molecule has 0 radical (unpaired) electrons. The van der Waals surface area contributed by atoms with Crippen LogP contribution in [0.15, 0.2) is 77.3 Å². The average Bonchev–Trinajstić information content (AvgIpc) is 2.92. The van der Waals surface area contributed by atoms with Crippen LogP contribution in [0.4, 0.5) is 0 Å². The molecule has 3 unspecified atom stereocenters. The van der Waals surface area contributed by atoms with Crippen molar-refractivity contribution in [1.82, 2.24) is 10.2 Å². The number of nitrogens with one attached hydrogen (secondary N) is 1. The highest BCUT2D eigenvalue weighted by Crippen LogP contribution is 2.31. The van der Waals surface area contributed by atoms with Gasteiger partial charge in [-0.25, -0.2) is 4.79 Å². The molecule has 9 nitrogen and oxygen atoms in total. The van der Waals surface area contributed by atoms with Gasteiger partial charge in [0, 0.05) is 43.4 Å². The molecule has 1 fully saturated rings. The molecule has 2 rings (SSSR count). The summed E-state index contributed by atoms with van der Waals surface area (Å²) in [5.41, 5.74) is 3.37. The van der Waals surface area contributed by atoms with Crippen molar-refractivity contribution in [3.63, 3.8) is 0 Å². The first-order valence-corrected chi connectivity index (χ1v) is 14.2. The van der Waals surface area contributed by atoms with Crippen LogP contribution in [0, 0.1) is 11.8 Å². The van der Waals surface area contributed by atoms with Gasteiger partial charge >= 0.3 is 11.9 Å². The number of benzene rings is 1. The smallest absolute Gasteiger partial charge is 0.336 e. The lowest BCUT2D eigenvalue weighted by Crippen LogP contribution is -2.41. The number of hydroxylamine groups is 4. The largest absolute Gasteiger partial charge is 0.469 e. The topological polar surface area (TPSA) is 108 Å². The highest BCUT2D eigenvalue weighted by Gasteiger charge is 2.33. The van der Waals surface area contributed by atoms with E-state index in [1.807, 2.05) is 58.0 Å². The molecule has 3 atom stereocenters. The molecule has 0 aromatic heterocycles. The number of hydrogen-bond acceptors (Lipinski definition) is 8. The van der Waals surface area contributed by atoms with Crippen LogP contribution in [0.2, 0.25) is 0 Å². The number of hydrogen-bond donors (Lipinski definition) is 3. The van der Waals surface area contributed by atoms with E-state index in [0.717, 1.165) is 31.6 Å². The third kappa shape index (κ3) is 11.3. The van der Waals surface area contributed by atoms with E-state index in [9.17, 15) is 20.0 Å². The fourth-order valence-corrected chi connectivity index (χ4v) is 4.79. The summed E-state index contributed by atoms with van der Waals surface area (Å²) in [6.45, 7) is 11.5. The first-order valence-electron chi connectivity index (χ1n) is 14.2. The number of likely N-dealkylation sites (tertiary alicyclic amines) is 1. The number of ether oxygens (including phenoxy) is 2. The summed E-state index contributed by atoms with van der Waals surface area (Å²) in [6.07, 6.45) is 8.39. The molecule has 9 heteroatoms. The van der Waals surface area contributed by atoms with Gasteiger partial charge in [0.1, 0.15) is 13.2 Å². The molecular formula is C32H48N3O6+. The molecule has 1 aliphatic rings. The Balaban J connectivity index is 2.36. The normalized spacial score (nSPS) is 19.4. The molecule has 41 heavy (non-hydrogen) atoms. The van der Waals surface area contributed by atoms with E-state index in [-0.39, 0.29) is 18.4 Å². The van der Waals surface area contributed by atoms with Crippen LogP contribution in [-0.2, 0) is 25.6 Å². The van der Waals surface area contributed by atoms with Crippen molar-refractivity contribution >= 4 is 11.9 Å². The summed E-state index contributed by atoms with van der Waals surface area (Å²) in [5.74, 6) is -1.74. The standard InChI is InChI=1S/C32H47N3O6/c1-8-24(3)33-26(5)31(29(20-30(36)40-7)23(2)14-12-15-25(4)35(6,38)39)32(37)41-28-18-13-19-34(22-28)21-27-16-10-9-11-17-27/h8-12,14-17,23,28-29,38-39H,13,18-22H2,1-7H3/p+1. The van der Waals surface area contributed by atoms with Gasteiger partial charge in [0.15, 0.2) is 5.70 Å². The SMILES string of the molecule is CC=C(C)NC(C)=C(C(=O)OC1CCCN(Cc2ccccc2)C1)C(CC(=O)OC)C(C)C=CC=C(C)[N+](C)(O)O. The minimum Gasteiger partial charge on any atom is -0.469 e. The van der Waals surface area contributed by atoms with Crippen LogP contribution in [-0.4, -0.2) is 65.4 Å². The van der Waals surface area contributed by atoms with Crippen molar-refractivity contribution in [2.24, 2.45) is 11.8 Å². The summed E-state index contributed by atoms with van der Waals surface area (Å²) < 4.78 is 11.1. The zero-order chi connectivity index (χ0) is 30.6. The van der Waals surface area contributed by atoms with E-state index in [4.69, 9.17) is 9.47 Å². The van der Waals surface area contributed by atoms with Crippen LogP contribution in [0.3, 0.4) is 0 Å². The second-order valence-electron chi connectivity index (χ2n) is 10.9. The van der Waals surface area contributed by atoms with Gasteiger partial charge < -0.3 is 14.8 Å². The second kappa shape index (κ2) is 16.3. The number of piperidine rings is 1. The van der Waals surface area contributed by atoms with Gasteiger partial charge in [0.05, 0.1) is 19.1 Å². The van der Waals surface area contributed by atoms with E-state index in [1.54, 1.807) is 19.1 Å². The predicted molar refractivity (Wildman–Crippen MR) is 158 cm³/mol. The highest BCUT2D eigenvalue weighted by molar-refractivity contribution is 5.91. The lowest BCUT2D eigenvalue weighted by Gasteiger charge is -2.33. The summed E-state index contributed by atoms with van der Waals surface area (Å²) in [7, 11) is 2.55. The Kier molecular flexibility index (Phi) is 13.5. The maximum absolute atomic E-state index is 13.9. The highest BCUT2D eigenvalue weighted by atomic mass is 16.8. The molecule has 0 saturated carbocycles. The molecule has 1 aromatic carbocycles. The molecule has 1 heterocycles. The van der Waals surface area contributed by atoms with Crippen molar-refractivity contribution < 1.29 is 34.3 Å². The zero-order valence-electron chi connectivity index (χ0n) is 25.6. The maximum atomic E-state index is 13.9. The minimum absolute atomic E-state index is 0.0262. The third-order valence-corrected chi connectivity index (χ3v) is 7.47. The molecule has 0 bridgehead atoms. The van der Waals surface area contributed by atoms with Gasteiger partial charge in [0.2, 0.25) is 0 Å². The van der Waals surface area contributed by atoms with Crippen molar-refractivity contribution in [1.29, 1.82) is 0 Å². The van der Waals surface area contributed by atoms with Gasteiger partial charge in [-0.1, -0.05) is 55.5 Å². The van der Waals surface area contributed by atoms with Crippen LogP contribution < -0.4 is 5.32 Å². The van der Waals surface area contributed by atoms with Crippen LogP contribution in [0.5, 0.6) is 0 Å². The van der Waals surface area contributed by atoms with E-state index in [0.29, 0.717) is 23.5 Å². The van der Waals surface area contributed by atoms with Crippen molar-refractivity contribution in [3.05, 3.63) is 82.9 Å². The lowest BCUT2D eigenvalue weighted by atomic mass is 9.82. The molecule has 226 valence electrons. The number of esters is 2. The fraction of sp³-hybridized carbons (Fsp3) is 0.500. The molecule has 1 saturated heterocycles. The Hall–Kier alpha value is -3.24. The first kappa shape index (κ1) is 34.0. The molecule has 0 amide bonds. The van der Waals surface area contributed by atoms with Crippen molar-refractivity contribution in [3.8, 4) is 0 Å². The predicted octanol–water partition coefficient (Wildman–Crippen LogP) is 5.48. The Morgan fingerprint density at radius 3 is 2.49 bits per heavy atom. The Labute approximate surface area is 244 Å². The minimum atomic E-state index is -1.28. The summed E-state index contributed by atoms with van der Waals surface area (Å²) in [4.78, 5) is 27.5. The number of allylic oxidation sites excluding steroid dienone is 7. The van der Waals surface area contributed by atoms with Gasteiger partial charge in [-0.15, -0.1) is 0 Å². The quantitative estimate of drug-likeness (QED) is 0.0941. The van der Waals surface area contributed by atoms with E-state index in [2.05, 4.69) is 22.3 Å². The summed E-state index contributed by atoms with van der Waals surface area (Å²) >= 11 is 0. The molecule has 3 N–H and O–H groups in total. The Morgan fingerprint density at radius 2 is 1.88 bits per heavy atom. The van der Waals surface area contributed by atoms with Gasteiger partial charge in [0.25, 0.3) is 0 Å². The zero-order valence-corrected chi connectivity index (χ0v) is 25.6. The van der Waals surface area contributed by atoms with Crippen LogP contribution in [0.1, 0.15) is 59.4 Å². The van der Waals surface area contributed by atoms with E-state index >= 15 is 0 Å². The van der Waals surface area contributed by atoms with Crippen LogP contribution in [0.25, 0.3) is 0 Å². The van der Waals surface area contributed by atoms with Crippen LogP contribution >= 0.6 is 0 Å². The Bertz CT molecular complexity index is 1130. The van der Waals surface area contributed by atoms with Gasteiger partial charge in [-0.05, 0) is 56.4 Å². The monoisotopic (exact) mass is 570 g/mol. The van der Waals surface area contributed by atoms with Crippen molar-refractivity contribution in [2.45, 2.75) is 66.5 Å². The molecule has 1 aliphatic heterocycles. The van der Waals surface area contributed by atoms with Crippen molar-refractivity contribution in [2.75, 3.05) is 27.2 Å². The Morgan fingerprint density at radius 1 is 1.20 bits per heavy atom. The van der Waals surface area contributed by atoms with E-state index < -0.39 is 22.7 Å². The lowest BCUT2D eigenvalue weighted by molar-refractivity contribution is -1.21. The number of carbonyl (C=O) groups is 2. The summed E-state index contributed by atoms with van der Waals surface area (Å²) in [5, 5.41) is 22.8. The average molecular weight is 571 g/mol. The molecular weight excluding hydrogens is 522 g/mol. The maximum Gasteiger partial charge on any atom is 0.336 e. The van der Waals surface area contributed by atoms with E-state index in [1.165, 1.54) is 19.7 Å². The fourth-order valence-electron chi connectivity index (χ4n) is 4.79. The number of quaternary nitrogens is 1. The molecule has 0 aliphatic carbocycles.